The predicted octanol–water partition coefficient (Wildman–Crippen LogP) is 3.72. The molecule has 15 heavy (non-hydrogen) atoms. The zero-order chi connectivity index (χ0) is 11.0. The fourth-order valence-electron chi connectivity index (χ4n) is 1.97. The number of hydrogen-bond acceptors (Lipinski definition) is 2. The summed E-state index contributed by atoms with van der Waals surface area (Å²) in [6.07, 6.45) is 1.87. The van der Waals surface area contributed by atoms with E-state index in [1.165, 1.54) is 4.88 Å². The van der Waals surface area contributed by atoms with Gasteiger partial charge in [-0.1, -0.05) is 6.92 Å². The van der Waals surface area contributed by atoms with Crippen LogP contribution in [0.4, 0.5) is 0 Å². The van der Waals surface area contributed by atoms with Crippen molar-refractivity contribution in [3.8, 4) is 0 Å². The van der Waals surface area contributed by atoms with E-state index in [4.69, 9.17) is 5.11 Å². The maximum atomic E-state index is 10.7. The van der Waals surface area contributed by atoms with Crippen molar-refractivity contribution in [1.29, 1.82) is 0 Å². The van der Waals surface area contributed by atoms with Crippen molar-refractivity contribution in [1.82, 2.24) is 0 Å². The van der Waals surface area contributed by atoms with Gasteiger partial charge < -0.3 is 5.11 Å². The number of thiophene rings is 1. The number of aliphatic carboxylic acids is 1. The van der Waals surface area contributed by atoms with E-state index in [0.717, 1.165) is 16.6 Å². The van der Waals surface area contributed by atoms with Crippen molar-refractivity contribution >= 4 is 33.2 Å². The van der Waals surface area contributed by atoms with E-state index in [0.29, 0.717) is 11.8 Å². The van der Waals surface area contributed by atoms with Gasteiger partial charge in [0.15, 0.2) is 0 Å². The highest BCUT2D eigenvalue weighted by Gasteiger charge is 2.43. The summed E-state index contributed by atoms with van der Waals surface area (Å²) in [6.45, 7) is 2.18. The maximum Gasteiger partial charge on any atom is 0.306 e. The minimum Gasteiger partial charge on any atom is -0.481 e. The third-order valence-electron chi connectivity index (χ3n) is 2.98. The van der Waals surface area contributed by atoms with Crippen LogP contribution < -0.4 is 0 Å². The molecule has 0 bridgehead atoms. The average Bonchev–Trinajstić information content (AvgIpc) is 2.79. The molecule has 1 aliphatic carbocycles. The van der Waals surface area contributed by atoms with Gasteiger partial charge in [-0.2, -0.15) is 0 Å². The SMILES string of the molecule is CC(CC1CC1C(=O)O)c1ccc(Br)s1. The molecule has 0 radical (unpaired) electrons. The zero-order valence-corrected chi connectivity index (χ0v) is 10.8. The molecule has 2 rings (SSSR count). The molecular formula is C11H13BrO2S. The molecule has 0 saturated heterocycles. The van der Waals surface area contributed by atoms with Crippen LogP contribution in [0.2, 0.25) is 0 Å². The van der Waals surface area contributed by atoms with Gasteiger partial charge in [-0.25, -0.2) is 0 Å². The van der Waals surface area contributed by atoms with Crippen LogP contribution >= 0.6 is 27.3 Å². The van der Waals surface area contributed by atoms with Crippen LogP contribution in [-0.2, 0) is 4.79 Å². The fraction of sp³-hybridized carbons (Fsp3) is 0.545. The van der Waals surface area contributed by atoms with E-state index in [9.17, 15) is 4.79 Å². The van der Waals surface area contributed by atoms with Gasteiger partial charge in [0.05, 0.1) is 9.70 Å². The van der Waals surface area contributed by atoms with Crippen LogP contribution in [0.3, 0.4) is 0 Å². The molecule has 1 saturated carbocycles. The van der Waals surface area contributed by atoms with Gasteiger partial charge >= 0.3 is 5.97 Å². The highest BCUT2D eigenvalue weighted by Crippen LogP contribution is 2.46. The van der Waals surface area contributed by atoms with Crippen molar-refractivity contribution in [2.45, 2.75) is 25.7 Å². The van der Waals surface area contributed by atoms with Crippen LogP contribution in [0.5, 0.6) is 0 Å². The molecule has 3 atom stereocenters. The van der Waals surface area contributed by atoms with E-state index in [2.05, 4.69) is 35.0 Å². The van der Waals surface area contributed by atoms with E-state index >= 15 is 0 Å². The van der Waals surface area contributed by atoms with Gasteiger partial charge in [0.2, 0.25) is 0 Å². The third-order valence-corrected chi connectivity index (χ3v) is 4.83. The van der Waals surface area contributed by atoms with Crippen molar-refractivity contribution in [2.75, 3.05) is 0 Å². The van der Waals surface area contributed by atoms with E-state index in [1.807, 2.05) is 0 Å². The molecule has 82 valence electrons. The van der Waals surface area contributed by atoms with Crippen LogP contribution in [0, 0.1) is 11.8 Å². The summed E-state index contributed by atoms with van der Waals surface area (Å²) in [5.74, 6) is 0.185. The summed E-state index contributed by atoms with van der Waals surface area (Å²) in [6, 6.07) is 4.18. The Kier molecular flexibility index (Phi) is 3.16. The minimum absolute atomic E-state index is 0.0733. The molecule has 0 aromatic carbocycles. The van der Waals surface area contributed by atoms with Gasteiger partial charge in [-0.05, 0) is 52.7 Å². The molecule has 1 N–H and O–H groups in total. The van der Waals surface area contributed by atoms with E-state index in [1.54, 1.807) is 11.3 Å². The maximum absolute atomic E-state index is 10.7. The molecule has 0 spiro atoms. The van der Waals surface area contributed by atoms with Crippen molar-refractivity contribution in [3.63, 3.8) is 0 Å². The van der Waals surface area contributed by atoms with Crippen LogP contribution in [0.15, 0.2) is 15.9 Å². The third kappa shape index (κ3) is 2.61. The summed E-state index contributed by atoms with van der Waals surface area (Å²) in [7, 11) is 0. The van der Waals surface area contributed by atoms with Crippen LogP contribution in [0.25, 0.3) is 0 Å². The molecule has 0 aliphatic heterocycles. The molecule has 1 fully saturated rings. The number of hydrogen-bond donors (Lipinski definition) is 1. The largest absolute Gasteiger partial charge is 0.481 e. The molecule has 1 aromatic heterocycles. The lowest BCUT2D eigenvalue weighted by atomic mass is 10.0. The fourth-order valence-corrected chi connectivity index (χ4v) is 3.46. The highest BCUT2D eigenvalue weighted by atomic mass is 79.9. The second kappa shape index (κ2) is 4.26. The number of rotatable bonds is 4. The van der Waals surface area contributed by atoms with Crippen LogP contribution in [0.1, 0.15) is 30.6 Å². The van der Waals surface area contributed by atoms with Gasteiger partial charge in [0, 0.05) is 4.88 Å². The number of carboxylic acid groups (broad SMARTS) is 1. The Morgan fingerprint density at radius 1 is 1.73 bits per heavy atom. The first-order valence-corrected chi connectivity index (χ1v) is 6.67. The molecule has 4 heteroatoms. The molecule has 1 aliphatic rings. The Morgan fingerprint density at radius 2 is 2.47 bits per heavy atom. The summed E-state index contributed by atoms with van der Waals surface area (Å²) in [5.41, 5.74) is 0. The quantitative estimate of drug-likeness (QED) is 0.917. The lowest BCUT2D eigenvalue weighted by Gasteiger charge is -2.07. The zero-order valence-electron chi connectivity index (χ0n) is 8.44. The molecule has 2 nitrogen and oxygen atoms in total. The first kappa shape index (κ1) is 11.1. The Balaban J connectivity index is 1.89. The predicted molar refractivity (Wildman–Crippen MR) is 64.3 cm³/mol. The highest BCUT2D eigenvalue weighted by molar-refractivity contribution is 9.11. The summed E-state index contributed by atoms with van der Waals surface area (Å²) < 4.78 is 1.15. The van der Waals surface area contributed by atoms with Crippen molar-refractivity contribution < 1.29 is 9.90 Å². The summed E-state index contributed by atoms with van der Waals surface area (Å²) >= 11 is 5.19. The Labute approximate surface area is 101 Å². The van der Waals surface area contributed by atoms with Crippen molar-refractivity contribution in [2.24, 2.45) is 11.8 Å². The summed E-state index contributed by atoms with van der Waals surface area (Å²) in [4.78, 5) is 12.0. The topological polar surface area (TPSA) is 37.3 Å². The van der Waals surface area contributed by atoms with E-state index < -0.39 is 5.97 Å². The van der Waals surface area contributed by atoms with Gasteiger partial charge in [-0.3, -0.25) is 4.79 Å². The normalized spacial score (nSPS) is 26.3. The molecule has 1 aromatic rings. The first-order valence-electron chi connectivity index (χ1n) is 5.06. The monoisotopic (exact) mass is 288 g/mol. The van der Waals surface area contributed by atoms with Gasteiger partial charge in [0.1, 0.15) is 0 Å². The molecule has 1 heterocycles. The lowest BCUT2D eigenvalue weighted by molar-refractivity contribution is -0.138. The Hall–Kier alpha value is -0.350. The standard InChI is InChI=1S/C11H13BrO2S/c1-6(9-2-3-10(12)15-9)4-7-5-8(7)11(13)14/h2-3,6-8H,4-5H2,1H3,(H,13,14). The van der Waals surface area contributed by atoms with E-state index in [-0.39, 0.29) is 5.92 Å². The number of halogens is 1. The molecule has 3 unspecified atom stereocenters. The smallest absolute Gasteiger partial charge is 0.306 e. The van der Waals surface area contributed by atoms with Crippen LogP contribution in [-0.4, -0.2) is 11.1 Å². The minimum atomic E-state index is -0.625. The number of carboxylic acids is 1. The van der Waals surface area contributed by atoms with Gasteiger partial charge in [-0.15, -0.1) is 11.3 Å². The average molecular weight is 289 g/mol. The Bertz CT molecular complexity index is 374. The molecular weight excluding hydrogens is 276 g/mol. The Morgan fingerprint density at radius 3 is 2.93 bits per heavy atom. The number of carbonyl (C=O) groups is 1. The van der Waals surface area contributed by atoms with Crippen molar-refractivity contribution in [3.05, 3.63) is 20.8 Å². The summed E-state index contributed by atoms with van der Waals surface area (Å²) in [5, 5.41) is 8.81. The van der Waals surface area contributed by atoms with Gasteiger partial charge in [0.25, 0.3) is 0 Å². The lowest BCUT2D eigenvalue weighted by Crippen LogP contribution is -2.01. The first-order chi connectivity index (χ1) is 7.08. The molecule has 0 amide bonds. The second-order valence-corrected chi connectivity index (χ2v) is 6.71. The second-order valence-electron chi connectivity index (χ2n) is 4.22.